The van der Waals surface area contributed by atoms with Gasteiger partial charge in [-0.05, 0) is 24.6 Å². The first-order valence-corrected chi connectivity index (χ1v) is 5.78. The average Bonchev–Trinajstić information content (AvgIpc) is 2.18. The molecule has 0 radical (unpaired) electrons. The van der Waals surface area contributed by atoms with Crippen LogP contribution in [0, 0.1) is 6.92 Å². The minimum Gasteiger partial charge on any atom is -0.351 e. The number of nitrogens with zero attached hydrogens (tertiary/aromatic N) is 1. The highest BCUT2D eigenvalue weighted by atomic mass is 79.9. The van der Waals surface area contributed by atoms with Crippen molar-refractivity contribution >= 4 is 39.2 Å². The number of anilines is 1. The fourth-order valence-electron chi connectivity index (χ4n) is 1.31. The molecule has 0 aliphatic rings. The number of rotatable bonds is 3. The van der Waals surface area contributed by atoms with Crippen LogP contribution in [0.1, 0.15) is 5.56 Å². The molecule has 2 N–H and O–H groups in total. The predicted octanol–water partition coefficient (Wildman–Crippen LogP) is 2.88. The lowest BCUT2D eigenvalue weighted by Gasteiger charge is -2.21. The first kappa shape index (κ1) is 12.3. The highest BCUT2D eigenvalue weighted by molar-refractivity contribution is 9.10. The Morgan fingerprint density at radius 3 is 2.80 bits per heavy atom. The van der Waals surface area contributed by atoms with Gasteiger partial charge in [0.1, 0.15) is 0 Å². The van der Waals surface area contributed by atoms with E-state index in [1.165, 1.54) is 4.90 Å². The summed E-state index contributed by atoms with van der Waals surface area (Å²) >= 11 is 8.97. The Morgan fingerprint density at radius 2 is 2.27 bits per heavy atom. The first-order chi connectivity index (χ1) is 7.06. The Kier molecular flexibility index (Phi) is 4.42. The number of carbonyl (C=O) groups is 1. The molecule has 1 aromatic carbocycles. The van der Waals surface area contributed by atoms with Crippen LogP contribution < -0.4 is 10.6 Å². The molecule has 0 unspecified atom stereocenters. The maximum atomic E-state index is 11.2. The number of benzene rings is 1. The van der Waals surface area contributed by atoms with Gasteiger partial charge in [0, 0.05) is 22.6 Å². The third-order valence-corrected chi connectivity index (χ3v) is 2.70. The molecule has 82 valence electrons. The van der Waals surface area contributed by atoms with E-state index in [9.17, 15) is 4.79 Å². The Bertz CT molecular complexity index is 370. The molecule has 0 aliphatic heterocycles. The molecule has 0 aliphatic carbocycles. The zero-order chi connectivity index (χ0) is 11.4. The predicted molar refractivity (Wildman–Crippen MR) is 66.5 cm³/mol. The molecule has 0 fully saturated rings. The summed E-state index contributed by atoms with van der Waals surface area (Å²) in [6.45, 7) is 2.33. The number of primary amides is 1. The minimum absolute atomic E-state index is 0.356. The first-order valence-electron chi connectivity index (χ1n) is 4.45. The molecule has 15 heavy (non-hydrogen) atoms. The molecular weight excluding hydrogens is 279 g/mol. The SMILES string of the molecule is Cc1ccc(Br)cc1N(CCCl)C(N)=O. The van der Waals surface area contributed by atoms with Crippen LogP contribution in [0.2, 0.25) is 0 Å². The highest BCUT2D eigenvalue weighted by Crippen LogP contribution is 2.24. The van der Waals surface area contributed by atoms with Gasteiger partial charge in [-0.3, -0.25) is 4.90 Å². The zero-order valence-electron chi connectivity index (χ0n) is 8.34. The number of hydrogen-bond donors (Lipinski definition) is 1. The van der Waals surface area contributed by atoms with Gasteiger partial charge in [0.15, 0.2) is 0 Å². The van der Waals surface area contributed by atoms with Crippen LogP contribution in [0.15, 0.2) is 22.7 Å². The Morgan fingerprint density at radius 1 is 1.60 bits per heavy atom. The molecule has 1 rings (SSSR count). The van der Waals surface area contributed by atoms with Gasteiger partial charge in [-0.15, -0.1) is 11.6 Å². The van der Waals surface area contributed by atoms with Crippen molar-refractivity contribution < 1.29 is 4.79 Å². The monoisotopic (exact) mass is 290 g/mol. The van der Waals surface area contributed by atoms with Gasteiger partial charge in [-0.1, -0.05) is 22.0 Å². The number of hydrogen-bond acceptors (Lipinski definition) is 1. The van der Waals surface area contributed by atoms with Crippen LogP contribution in [0.25, 0.3) is 0 Å². The van der Waals surface area contributed by atoms with Crippen molar-refractivity contribution in [2.24, 2.45) is 5.73 Å². The summed E-state index contributed by atoms with van der Waals surface area (Å²) in [6.07, 6.45) is 0. The number of nitrogens with two attached hydrogens (primary N) is 1. The van der Waals surface area contributed by atoms with Crippen molar-refractivity contribution in [3.8, 4) is 0 Å². The van der Waals surface area contributed by atoms with Gasteiger partial charge in [0.2, 0.25) is 0 Å². The molecule has 0 spiro atoms. The van der Waals surface area contributed by atoms with E-state index in [4.69, 9.17) is 17.3 Å². The summed E-state index contributed by atoms with van der Waals surface area (Å²) in [6, 6.07) is 5.20. The van der Waals surface area contributed by atoms with E-state index in [1.807, 2.05) is 25.1 Å². The van der Waals surface area contributed by atoms with Crippen molar-refractivity contribution in [2.75, 3.05) is 17.3 Å². The zero-order valence-corrected chi connectivity index (χ0v) is 10.7. The fourth-order valence-corrected chi connectivity index (χ4v) is 1.83. The molecule has 0 saturated heterocycles. The van der Waals surface area contributed by atoms with Crippen molar-refractivity contribution in [1.82, 2.24) is 0 Å². The smallest absolute Gasteiger partial charge is 0.319 e. The lowest BCUT2D eigenvalue weighted by molar-refractivity contribution is 0.254. The van der Waals surface area contributed by atoms with E-state index in [0.717, 1.165) is 15.7 Å². The van der Waals surface area contributed by atoms with E-state index in [2.05, 4.69) is 15.9 Å². The Labute approximate surface area is 102 Å². The largest absolute Gasteiger partial charge is 0.351 e. The van der Waals surface area contributed by atoms with Gasteiger partial charge in [0.05, 0.1) is 0 Å². The molecule has 0 aromatic heterocycles. The summed E-state index contributed by atoms with van der Waals surface area (Å²) < 4.78 is 0.906. The molecule has 0 atom stereocenters. The molecule has 1 aromatic rings. The van der Waals surface area contributed by atoms with Crippen molar-refractivity contribution in [2.45, 2.75) is 6.92 Å². The van der Waals surface area contributed by atoms with Crippen molar-refractivity contribution in [1.29, 1.82) is 0 Å². The minimum atomic E-state index is -0.489. The number of amides is 2. The summed E-state index contributed by atoms with van der Waals surface area (Å²) in [7, 11) is 0. The lowest BCUT2D eigenvalue weighted by Crippen LogP contribution is -2.37. The molecule has 0 heterocycles. The molecule has 0 saturated carbocycles. The van der Waals surface area contributed by atoms with Crippen LogP contribution in [0.4, 0.5) is 10.5 Å². The van der Waals surface area contributed by atoms with Crippen molar-refractivity contribution in [3.05, 3.63) is 28.2 Å². The Balaban J connectivity index is 3.09. The maximum absolute atomic E-state index is 11.2. The topological polar surface area (TPSA) is 46.3 Å². The number of halogens is 2. The van der Waals surface area contributed by atoms with Crippen LogP contribution in [0.5, 0.6) is 0 Å². The summed E-state index contributed by atoms with van der Waals surface area (Å²) in [5.41, 5.74) is 7.06. The molecule has 5 heteroatoms. The van der Waals surface area contributed by atoms with Gasteiger partial charge in [0.25, 0.3) is 0 Å². The summed E-state index contributed by atoms with van der Waals surface area (Å²) in [4.78, 5) is 12.7. The Hall–Kier alpha value is -0.740. The number of urea groups is 1. The highest BCUT2D eigenvalue weighted by Gasteiger charge is 2.13. The normalized spacial score (nSPS) is 10.1. The van der Waals surface area contributed by atoms with E-state index in [-0.39, 0.29) is 0 Å². The summed E-state index contributed by atoms with van der Waals surface area (Å²) in [5.74, 6) is 0.356. The van der Waals surface area contributed by atoms with E-state index < -0.39 is 6.03 Å². The third kappa shape index (κ3) is 3.11. The van der Waals surface area contributed by atoms with Crippen LogP contribution in [-0.2, 0) is 0 Å². The second-order valence-electron chi connectivity index (χ2n) is 3.11. The number of alkyl halides is 1. The second kappa shape index (κ2) is 5.37. The summed E-state index contributed by atoms with van der Waals surface area (Å²) in [5, 5.41) is 0. The van der Waals surface area contributed by atoms with E-state index >= 15 is 0 Å². The standard InChI is InChI=1S/C10H12BrClN2O/c1-7-2-3-8(11)6-9(7)14(5-4-12)10(13)15/h2-3,6H,4-5H2,1H3,(H2,13,15). The molecule has 0 bridgehead atoms. The van der Waals surface area contributed by atoms with Gasteiger partial charge in [-0.25, -0.2) is 4.79 Å². The third-order valence-electron chi connectivity index (χ3n) is 2.04. The van der Waals surface area contributed by atoms with Crippen molar-refractivity contribution in [3.63, 3.8) is 0 Å². The van der Waals surface area contributed by atoms with Gasteiger partial charge < -0.3 is 5.73 Å². The molecule has 2 amide bonds. The quantitative estimate of drug-likeness (QED) is 0.855. The van der Waals surface area contributed by atoms with Crippen LogP contribution >= 0.6 is 27.5 Å². The number of carbonyl (C=O) groups excluding carboxylic acids is 1. The lowest BCUT2D eigenvalue weighted by atomic mass is 10.2. The van der Waals surface area contributed by atoms with Gasteiger partial charge in [-0.2, -0.15) is 0 Å². The molecule has 3 nitrogen and oxygen atoms in total. The second-order valence-corrected chi connectivity index (χ2v) is 4.40. The van der Waals surface area contributed by atoms with E-state index in [0.29, 0.717) is 12.4 Å². The van der Waals surface area contributed by atoms with Gasteiger partial charge >= 0.3 is 6.03 Å². The molecular formula is C10H12BrClN2O. The number of aryl methyl sites for hydroxylation is 1. The van der Waals surface area contributed by atoms with Crippen LogP contribution in [-0.4, -0.2) is 18.5 Å². The maximum Gasteiger partial charge on any atom is 0.319 e. The van der Waals surface area contributed by atoms with Crippen LogP contribution in [0.3, 0.4) is 0 Å². The fraction of sp³-hybridized carbons (Fsp3) is 0.300. The average molecular weight is 292 g/mol. The van der Waals surface area contributed by atoms with E-state index in [1.54, 1.807) is 0 Å².